The molecule has 0 bridgehead atoms. The fraction of sp³-hybridized carbons (Fsp3) is 0.529. The molecule has 24 heavy (non-hydrogen) atoms. The van der Waals surface area contributed by atoms with Crippen LogP contribution in [0, 0.1) is 13.8 Å². The van der Waals surface area contributed by atoms with Crippen LogP contribution in [0.5, 0.6) is 0 Å². The standard InChI is InChI=1S/C17H25N3O3S/c1-5-6-7-8-17(21)19(4)11-16-13(2)18-20(14(16)3)15-9-10-24(22,23)12-15/h5-8,15H,9-12H2,1-4H3/b6-5+,8-7+/t15-/m0/s1. The summed E-state index contributed by atoms with van der Waals surface area (Å²) >= 11 is 0. The van der Waals surface area contributed by atoms with Crippen LogP contribution in [0.1, 0.15) is 36.3 Å². The molecular weight excluding hydrogens is 326 g/mol. The van der Waals surface area contributed by atoms with Crippen molar-refractivity contribution in [2.24, 2.45) is 0 Å². The van der Waals surface area contributed by atoms with E-state index in [1.807, 2.05) is 31.5 Å². The highest BCUT2D eigenvalue weighted by molar-refractivity contribution is 7.91. The molecule has 0 N–H and O–H groups in total. The van der Waals surface area contributed by atoms with Gasteiger partial charge in [0.05, 0.1) is 23.2 Å². The molecule has 1 saturated heterocycles. The van der Waals surface area contributed by atoms with Crippen LogP contribution in [0.3, 0.4) is 0 Å². The third kappa shape index (κ3) is 4.14. The lowest BCUT2D eigenvalue weighted by Crippen LogP contribution is -2.24. The second-order valence-electron chi connectivity index (χ2n) is 6.23. The minimum absolute atomic E-state index is 0.0805. The molecule has 2 rings (SSSR count). The van der Waals surface area contributed by atoms with E-state index in [2.05, 4.69) is 5.10 Å². The maximum absolute atomic E-state index is 12.1. The largest absolute Gasteiger partial charge is 0.338 e. The van der Waals surface area contributed by atoms with Gasteiger partial charge in [-0.2, -0.15) is 5.10 Å². The van der Waals surface area contributed by atoms with Crippen LogP contribution in [0.25, 0.3) is 0 Å². The summed E-state index contributed by atoms with van der Waals surface area (Å²) in [6.45, 7) is 6.18. The first-order chi connectivity index (χ1) is 11.2. The smallest absolute Gasteiger partial charge is 0.246 e. The molecule has 7 heteroatoms. The number of aromatic nitrogens is 2. The third-order valence-electron chi connectivity index (χ3n) is 4.34. The molecule has 6 nitrogen and oxygen atoms in total. The molecule has 1 amide bonds. The van der Waals surface area contributed by atoms with Crippen molar-refractivity contribution in [2.45, 2.75) is 39.8 Å². The highest BCUT2D eigenvalue weighted by Gasteiger charge is 2.31. The predicted molar refractivity (Wildman–Crippen MR) is 94.4 cm³/mol. The number of amides is 1. The van der Waals surface area contributed by atoms with E-state index in [9.17, 15) is 13.2 Å². The van der Waals surface area contributed by atoms with Crippen molar-refractivity contribution >= 4 is 15.7 Å². The van der Waals surface area contributed by atoms with E-state index >= 15 is 0 Å². The maximum Gasteiger partial charge on any atom is 0.246 e. The molecule has 1 aromatic heterocycles. The minimum atomic E-state index is -2.95. The number of carbonyl (C=O) groups excluding carboxylic acids is 1. The van der Waals surface area contributed by atoms with Crippen LogP contribution < -0.4 is 0 Å². The van der Waals surface area contributed by atoms with Gasteiger partial charge in [-0.15, -0.1) is 0 Å². The number of hydrogen-bond donors (Lipinski definition) is 0. The van der Waals surface area contributed by atoms with Gasteiger partial charge in [-0.3, -0.25) is 9.48 Å². The molecule has 0 aromatic carbocycles. The van der Waals surface area contributed by atoms with Crippen LogP contribution in [0.2, 0.25) is 0 Å². The van der Waals surface area contributed by atoms with Crippen molar-refractivity contribution in [3.8, 4) is 0 Å². The first-order valence-corrected chi connectivity index (χ1v) is 9.86. The Bertz CT molecular complexity index is 775. The lowest BCUT2D eigenvalue weighted by Gasteiger charge is -2.16. The predicted octanol–water partition coefficient (Wildman–Crippen LogP) is 1.95. The van der Waals surface area contributed by atoms with Gasteiger partial charge in [0.1, 0.15) is 0 Å². The third-order valence-corrected chi connectivity index (χ3v) is 6.09. The zero-order chi connectivity index (χ0) is 17.9. The van der Waals surface area contributed by atoms with Gasteiger partial charge >= 0.3 is 0 Å². The molecule has 0 spiro atoms. The Labute approximate surface area is 143 Å². The Kier molecular flexibility index (Phi) is 5.64. The van der Waals surface area contributed by atoms with E-state index < -0.39 is 9.84 Å². The minimum Gasteiger partial charge on any atom is -0.338 e. The number of rotatable bonds is 5. The summed E-state index contributed by atoms with van der Waals surface area (Å²) in [6.07, 6.45) is 7.51. The second-order valence-corrected chi connectivity index (χ2v) is 8.46. The summed E-state index contributed by atoms with van der Waals surface area (Å²) < 4.78 is 25.2. The zero-order valence-corrected chi connectivity index (χ0v) is 15.5. The molecule has 0 radical (unpaired) electrons. The molecule has 0 unspecified atom stereocenters. The normalized spacial score (nSPS) is 20.2. The molecule has 1 aliphatic rings. The average Bonchev–Trinajstić information content (AvgIpc) is 3.01. The summed E-state index contributed by atoms with van der Waals surface area (Å²) in [6, 6.07) is -0.0990. The summed E-state index contributed by atoms with van der Waals surface area (Å²) in [7, 11) is -1.21. The van der Waals surface area contributed by atoms with E-state index in [-0.39, 0.29) is 23.5 Å². The Hall–Kier alpha value is -1.89. The van der Waals surface area contributed by atoms with Gasteiger partial charge in [-0.05, 0) is 27.2 Å². The van der Waals surface area contributed by atoms with E-state index in [1.165, 1.54) is 6.08 Å². The summed E-state index contributed by atoms with van der Waals surface area (Å²) in [5.41, 5.74) is 2.76. The molecule has 0 aliphatic carbocycles. The molecule has 1 fully saturated rings. The molecular formula is C17H25N3O3S. The van der Waals surface area contributed by atoms with Gasteiger partial charge in [-0.25, -0.2) is 8.42 Å². The first kappa shape index (κ1) is 18.4. The molecule has 1 aliphatic heterocycles. The highest BCUT2D eigenvalue weighted by Crippen LogP contribution is 2.27. The number of hydrogen-bond acceptors (Lipinski definition) is 4. The van der Waals surface area contributed by atoms with Crippen LogP contribution in [-0.2, 0) is 21.2 Å². The number of carbonyl (C=O) groups is 1. The van der Waals surface area contributed by atoms with E-state index in [4.69, 9.17) is 0 Å². The van der Waals surface area contributed by atoms with Crippen LogP contribution >= 0.6 is 0 Å². The van der Waals surface area contributed by atoms with Crippen molar-refractivity contribution < 1.29 is 13.2 Å². The van der Waals surface area contributed by atoms with E-state index in [0.29, 0.717) is 13.0 Å². The van der Waals surface area contributed by atoms with Crippen LogP contribution in [-0.4, -0.2) is 47.6 Å². The van der Waals surface area contributed by atoms with Gasteiger partial charge in [0.25, 0.3) is 0 Å². The van der Waals surface area contributed by atoms with Crippen LogP contribution in [0.4, 0.5) is 0 Å². The SMILES string of the molecule is C/C=C/C=C/C(=O)N(C)Cc1c(C)nn([C@H]2CCS(=O)(=O)C2)c1C. The van der Waals surface area contributed by atoms with Crippen molar-refractivity contribution in [3.05, 3.63) is 41.3 Å². The van der Waals surface area contributed by atoms with Gasteiger partial charge in [0.2, 0.25) is 5.91 Å². The Morgan fingerprint density at radius 3 is 2.67 bits per heavy atom. The second kappa shape index (κ2) is 7.34. The molecule has 2 heterocycles. The number of aryl methyl sites for hydroxylation is 1. The Morgan fingerprint density at radius 2 is 2.08 bits per heavy atom. The summed E-state index contributed by atoms with van der Waals surface area (Å²) in [5, 5.41) is 4.53. The Balaban J connectivity index is 2.16. The van der Waals surface area contributed by atoms with Gasteiger partial charge < -0.3 is 4.90 Å². The number of sulfone groups is 1. The maximum atomic E-state index is 12.1. The Morgan fingerprint density at radius 1 is 1.38 bits per heavy atom. The van der Waals surface area contributed by atoms with Crippen molar-refractivity contribution in [3.63, 3.8) is 0 Å². The topological polar surface area (TPSA) is 72.3 Å². The van der Waals surface area contributed by atoms with Gasteiger partial charge in [0, 0.05) is 30.9 Å². The average molecular weight is 351 g/mol. The summed E-state index contributed by atoms with van der Waals surface area (Å²) in [4.78, 5) is 13.7. The lowest BCUT2D eigenvalue weighted by molar-refractivity contribution is -0.125. The number of nitrogens with zero attached hydrogens (tertiary/aromatic N) is 3. The number of allylic oxidation sites excluding steroid dienone is 3. The van der Waals surface area contributed by atoms with Crippen molar-refractivity contribution in [2.75, 3.05) is 18.6 Å². The monoisotopic (exact) mass is 351 g/mol. The molecule has 1 aromatic rings. The zero-order valence-electron chi connectivity index (χ0n) is 14.7. The first-order valence-electron chi connectivity index (χ1n) is 8.04. The summed E-state index contributed by atoms with van der Waals surface area (Å²) in [5.74, 6) is 0.289. The fourth-order valence-electron chi connectivity index (χ4n) is 2.94. The van der Waals surface area contributed by atoms with Gasteiger partial charge in [0.15, 0.2) is 9.84 Å². The highest BCUT2D eigenvalue weighted by atomic mass is 32.2. The van der Waals surface area contributed by atoms with Crippen molar-refractivity contribution in [1.82, 2.24) is 14.7 Å². The quantitative estimate of drug-likeness (QED) is 0.600. The van der Waals surface area contributed by atoms with Gasteiger partial charge in [-0.1, -0.05) is 18.2 Å². The van der Waals surface area contributed by atoms with Crippen LogP contribution in [0.15, 0.2) is 24.3 Å². The van der Waals surface area contributed by atoms with E-state index in [1.54, 1.807) is 24.1 Å². The number of likely N-dealkylation sites (N-methyl/N-ethyl adjacent to an activating group) is 1. The molecule has 0 saturated carbocycles. The lowest BCUT2D eigenvalue weighted by atomic mass is 10.1. The fourth-order valence-corrected chi connectivity index (χ4v) is 4.63. The molecule has 132 valence electrons. The van der Waals surface area contributed by atoms with Crippen molar-refractivity contribution in [1.29, 1.82) is 0 Å². The van der Waals surface area contributed by atoms with E-state index in [0.717, 1.165) is 17.0 Å². The molecule has 1 atom stereocenters.